The van der Waals surface area contributed by atoms with Crippen LogP contribution < -0.4 is 4.90 Å². The second kappa shape index (κ2) is 10.7. The summed E-state index contributed by atoms with van der Waals surface area (Å²) in [5.41, 5.74) is 2.53. The molecule has 3 rings (SSSR count). The minimum Gasteiger partial charge on any atom is -0.369 e. The van der Waals surface area contributed by atoms with Gasteiger partial charge in [-0.3, -0.25) is 14.6 Å². The average Bonchev–Trinajstić information content (AvgIpc) is 2.81. The number of hydrogen-bond acceptors (Lipinski definition) is 5. The van der Waals surface area contributed by atoms with Gasteiger partial charge in [-0.25, -0.2) is 0 Å². The summed E-state index contributed by atoms with van der Waals surface area (Å²) < 4.78 is 0. The predicted molar refractivity (Wildman–Crippen MR) is 127 cm³/mol. The Kier molecular flexibility index (Phi) is 7.99. The van der Waals surface area contributed by atoms with Crippen molar-refractivity contribution < 1.29 is 9.59 Å². The molecule has 0 aromatic heterocycles. The Morgan fingerprint density at radius 3 is 2.19 bits per heavy atom. The van der Waals surface area contributed by atoms with Crippen LogP contribution in [-0.4, -0.2) is 74.2 Å². The number of rotatable bonds is 10. The summed E-state index contributed by atoms with van der Waals surface area (Å²) in [6.45, 7) is 6.75. The molecule has 1 atom stereocenters. The van der Waals surface area contributed by atoms with E-state index in [1.165, 1.54) is 5.56 Å². The molecule has 166 valence electrons. The maximum absolute atomic E-state index is 13.7. The number of carbonyl (C=O) groups is 2. The summed E-state index contributed by atoms with van der Waals surface area (Å²) in [6, 6.07) is 18.4. The number of piperazine rings is 1. The number of anilines is 1. The van der Waals surface area contributed by atoms with Crippen molar-refractivity contribution in [3.63, 3.8) is 0 Å². The van der Waals surface area contributed by atoms with E-state index in [1.54, 1.807) is 0 Å². The van der Waals surface area contributed by atoms with Gasteiger partial charge in [0.25, 0.3) is 0 Å². The zero-order valence-corrected chi connectivity index (χ0v) is 19.1. The van der Waals surface area contributed by atoms with Crippen LogP contribution in [0.3, 0.4) is 0 Å². The van der Waals surface area contributed by atoms with Gasteiger partial charge in [0, 0.05) is 50.4 Å². The van der Waals surface area contributed by atoms with Gasteiger partial charge < -0.3 is 9.69 Å². The van der Waals surface area contributed by atoms with Crippen LogP contribution in [0.1, 0.15) is 35.7 Å². The number of Topliss-reactive ketones (excluding diaryl/α,β-unsaturated/α-hetero) is 1. The van der Waals surface area contributed by atoms with E-state index in [1.807, 2.05) is 44.4 Å². The van der Waals surface area contributed by atoms with Crippen molar-refractivity contribution >= 4 is 17.8 Å². The van der Waals surface area contributed by atoms with Crippen molar-refractivity contribution in [2.24, 2.45) is 0 Å². The van der Waals surface area contributed by atoms with Crippen LogP contribution in [0.25, 0.3) is 0 Å². The zero-order valence-electron chi connectivity index (χ0n) is 19.1. The third-order valence-electron chi connectivity index (χ3n) is 6.63. The lowest BCUT2D eigenvalue weighted by atomic mass is 9.80. The molecule has 0 radical (unpaired) electrons. The Hall–Kier alpha value is -2.50. The lowest BCUT2D eigenvalue weighted by Crippen LogP contribution is -2.52. The first-order chi connectivity index (χ1) is 15.0. The van der Waals surface area contributed by atoms with Gasteiger partial charge in [-0.15, -0.1) is 0 Å². The number of likely N-dealkylation sites (N-methyl/N-ethyl adjacent to an activating group) is 1. The van der Waals surface area contributed by atoms with Crippen molar-refractivity contribution in [1.29, 1.82) is 0 Å². The Balaban J connectivity index is 1.72. The quantitative estimate of drug-likeness (QED) is 0.434. The highest BCUT2D eigenvalue weighted by Gasteiger charge is 2.39. The SMILES string of the molecule is CCC(Cc1ccccc1)(C(=O)c1ccc(N2CCN(CCC=O)CC2)cc1)N(C)C. The molecule has 1 aliphatic heterocycles. The van der Waals surface area contributed by atoms with Gasteiger partial charge in [0.2, 0.25) is 0 Å². The molecule has 31 heavy (non-hydrogen) atoms. The van der Waals surface area contributed by atoms with Crippen LogP contribution in [0.2, 0.25) is 0 Å². The molecule has 0 amide bonds. The van der Waals surface area contributed by atoms with E-state index in [-0.39, 0.29) is 5.78 Å². The van der Waals surface area contributed by atoms with Crippen molar-refractivity contribution in [2.45, 2.75) is 31.7 Å². The van der Waals surface area contributed by atoms with E-state index in [4.69, 9.17) is 0 Å². The lowest BCUT2D eigenvalue weighted by Gasteiger charge is -2.38. The van der Waals surface area contributed by atoms with Gasteiger partial charge in [0.1, 0.15) is 6.29 Å². The second-order valence-corrected chi connectivity index (χ2v) is 8.60. The fraction of sp³-hybridized carbons (Fsp3) is 0.462. The van der Waals surface area contributed by atoms with Crippen molar-refractivity contribution in [3.8, 4) is 0 Å². The molecule has 1 unspecified atom stereocenters. The third-order valence-corrected chi connectivity index (χ3v) is 6.63. The van der Waals surface area contributed by atoms with Gasteiger partial charge in [-0.1, -0.05) is 37.3 Å². The Bertz CT molecular complexity index is 843. The average molecular weight is 422 g/mol. The van der Waals surface area contributed by atoms with E-state index in [9.17, 15) is 9.59 Å². The first-order valence-corrected chi connectivity index (χ1v) is 11.3. The summed E-state index contributed by atoms with van der Waals surface area (Å²) in [4.78, 5) is 31.0. The maximum Gasteiger partial charge on any atom is 0.183 e. The Morgan fingerprint density at radius 1 is 1.00 bits per heavy atom. The topological polar surface area (TPSA) is 43.9 Å². The van der Waals surface area contributed by atoms with E-state index >= 15 is 0 Å². The van der Waals surface area contributed by atoms with Gasteiger partial charge in [-0.2, -0.15) is 0 Å². The molecule has 0 saturated carbocycles. The van der Waals surface area contributed by atoms with E-state index in [0.717, 1.165) is 56.7 Å². The molecule has 0 spiro atoms. The molecule has 1 fully saturated rings. The third kappa shape index (κ3) is 5.41. The fourth-order valence-electron chi connectivity index (χ4n) is 4.53. The number of carbonyl (C=O) groups excluding carboxylic acids is 2. The van der Waals surface area contributed by atoms with E-state index < -0.39 is 5.54 Å². The maximum atomic E-state index is 13.7. The first-order valence-electron chi connectivity index (χ1n) is 11.3. The molecular formula is C26H35N3O2. The van der Waals surface area contributed by atoms with Crippen LogP contribution in [0.15, 0.2) is 54.6 Å². The normalized spacial score (nSPS) is 16.8. The second-order valence-electron chi connectivity index (χ2n) is 8.60. The van der Waals surface area contributed by atoms with Crippen LogP contribution >= 0.6 is 0 Å². The number of benzene rings is 2. The zero-order chi connectivity index (χ0) is 22.3. The highest BCUT2D eigenvalue weighted by atomic mass is 16.1. The molecule has 1 saturated heterocycles. The molecule has 1 aliphatic rings. The first kappa shape index (κ1) is 23.2. The number of ketones is 1. The predicted octanol–water partition coefficient (Wildman–Crippen LogP) is 3.53. The van der Waals surface area contributed by atoms with Gasteiger partial charge in [-0.05, 0) is 56.8 Å². The van der Waals surface area contributed by atoms with Crippen molar-refractivity contribution in [2.75, 3.05) is 51.7 Å². The highest BCUT2D eigenvalue weighted by molar-refractivity contribution is 6.03. The standard InChI is InChI=1S/C26H35N3O2/c1-4-26(27(2)3,21-22-9-6-5-7-10-22)25(31)23-11-13-24(14-12-23)29-18-16-28(17-19-29)15-8-20-30/h5-7,9-14,20H,4,8,15-19,21H2,1-3H3. The molecule has 2 aromatic carbocycles. The Morgan fingerprint density at radius 2 is 1.65 bits per heavy atom. The molecule has 0 N–H and O–H groups in total. The monoisotopic (exact) mass is 421 g/mol. The van der Waals surface area contributed by atoms with Crippen LogP contribution in [-0.2, 0) is 11.2 Å². The molecule has 0 bridgehead atoms. The summed E-state index contributed by atoms with van der Waals surface area (Å²) in [5, 5.41) is 0. The number of aldehydes is 1. The molecule has 5 nitrogen and oxygen atoms in total. The van der Waals surface area contributed by atoms with Gasteiger partial charge in [0.15, 0.2) is 5.78 Å². The highest BCUT2D eigenvalue weighted by Crippen LogP contribution is 2.29. The number of hydrogen-bond donors (Lipinski definition) is 0. The lowest BCUT2D eigenvalue weighted by molar-refractivity contribution is -0.108. The largest absolute Gasteiger partial charge is 0.369 e. The van der Waals surface area contributed by atoms with Crippen LogP contribution in [0, 0.1) is 0 Å². The van der Waals surface area contributed by atoms with Crippen molar-refractivity contribution in [3.05, 3.63) is 65.7 Å². The number of nitrogens with zero attached hydrogens (tertiary/aromatic N) is 3. The van der Waals surface area contributed by atoms with Gasteiger partial charge in [0.05, 0.1) is 5.54 Å². The molecule has 5 heteroatoms. The van der Waals surface area contributed by atoms with E-state index in [0.29, 0.717) is 12.8 Å². The summed E-state index contributed by atoms with van der Waals surface area (Å²) in [7, 11) is 4.01. The molecule has 2 aromatic rings. The molecule has 0 aliphatic carbocycles. The summed E-state index contributed by atoms with van der Waals surface area (Å²) >= 11 is 0. The van der Waals surface area contributed by atoms with Crippen molar-refractivity contribution in [1.82, 2.24) is 9.80 Å². The molecule has 1 heterocycles. The summed E-state index contributed by atoms with van der Waals surface area (Å²) in [5.74, 6) is 0.175. The summed E-state index contributed by atoms with van der Waals surface area (Å²) in [6.07, 6.45) is 3.04. The molecular weight excluding hydrogens is 386 g/mol. The minimum atomic E-state index is -0.562. The van der Waals surface area contributed by atoms with E-state index in [2.05, 4.69) is 45.9 Å². The smallest absolute Gasteiger partial charge is 0.183 e. The van der Waals surface area contributed by atoms with Gasteiger partial charge >= 0.3 is 0 Å². The Labute approximate surface area is 186 Å². The fourth-order valence-corrected chi connectivity index (χ4v) is 4.53. The van der Waals surface area contributed by atoms with Crippen LogP contribution in [0.4, 0.5) is 5.69 Å². The minimum absolute atomic E-state index is 0.175. The van der Waals surface area contributed by atoms with Crippen LogP contribution in [0.5, 0.6) is 0 Å².